The summed E-state index contributed by atoms with van der Waals surface area (Å²) in [7, 11) is 0. The van der Waals surface area contributed by atoms with Crippen LogP contribution in [-0.4, -0.2) is 10.9 Å². The fourth-order valence-corrected chi connectivity index (χ4v) is 2.70. The minimum Gasteiger partial charge on any atom is -0.487 e. The van der Waals surface area contributed by atoms with Crippen LogP contribution in [0.1, 0.15) is 11.3 Å². The number of carbonyl (C=O) groups is 1. The van der Waals surface area contributed by atoms with Gasteiger partial charge in [-0.2, -0.15) is 5.26 Å². The van der Waals surface area contributed by atoms with Gasteiger partial charge in [0, 0.05) is 11.1 Å². The molecule has 0 aliphatic carbocycles. The molecule has 0 aliphatic heterocycles. The van der Waals surface area contributed by atoms with E-state index in [1.165, 1.54) is 11.3 Å². The number of carbonyl (C=O) groups excluding carboxylic acids is 1. The Bertz CT molecular complexity index is 927. The predicted molar refractivity (Wildman–Crippen MR) is 102 cm³/mol. The SMILES string of the molecule is N#C/C(=C\c1ccc(OCc2cscn2)cc1)C(=O)Nc1ccccc1. The lowest BCUT2D eigenvalue weighted by molar-refractivity contribution is -0.112. The number of anilines is 1. The molecule has 1 aromatic heterocycles. The summed E-state index contributed by atoms with van der Waals surface area (Å²) in [4.78, 5) is 16.4. The fraction of sp³-hybridized carbons (Fsp3) is 0.0500. The predicted octanol–water partition coefficient (Wildman–Crippen LogP) is 4.27. The molecule has 1 amide bonds. The molecule has 0 atom stereocenters. The number of aromatic nitrogens is 1. The first-order valence-electron chi connectivity index (χ1n) is 7.83. The molecule has 0 saturated heterocycles. The number of rotatable bonds is 6. The fourth-order valence-electron chi connectivity index (χ4n) is 2.16. The number of nitrogens with zero attached hydrogens (tertiary/aromatic N) is 2. The Balaban J connectivity index is 1.65. The Kier molecular flexibility index (Phi) is 5.76. The van der Waals surface area contributed by atoms with E-state index in [0.29, 0.717) is 18.0 Å². The van der Waals surface area contributed by atoms with Crippen LogP contribution in [0.3, 0.4) is 0 Å². The summed E-state index contributed by atoms with van der Waals surface area (Å²) in [6.45, 7) is 0.404. The number of hydrogen-bond donors (Lipinski definition) is 1. The molecular weight excluding hydrogens is 346 g/mol. The van der Waals surface area contributed by atoms with Crippen molar-refractivity contribution in [3.63, 3.8) is 0 Å². The van der Waals surface area contributed by atoms with Gasteiger partial charge < -0.3 is 10.1 Å². The van der Waals surface area contributed by atoms with Crippen molar-refractivity contribution in [3.8, 4) is 11.8 Å². The molecule has 0 bridgehead atoms. The number of amides is 1. The van der Waals surface area contributed by atoms with Crippen molar-refractivity contribution in [2.24, 2.45) is 0 Å². The maximum absolute atomic E-state index is 12.2. The highest BCUT2D eigenvalue weighted by molar-refractivity contribution is 7.07. The third kappa shape index (κ3) is 4.79. The van der Waals surface area contributed by atoms with Gasteiger partial charge in [0.25, 0.3) is 5.91 Å². The number of nitrogens with one attached hydrogen (secondary N) is 1. The number of hydrogen-bond acceptors (Lipinski definition) is 5. The van der Waals surface area contributed by atoms with Crippen molar-refractivity contribution in [2.75, 3.05) is 5.32 Å². The first-order valence-corrected chi connectivity index (χ1v) is 8.77. The molecule has 0 saturated carbocycles. The second-order valence-electron chi connectivity index (χ2n) is 5.33. The summed E-state index contributed by atoms with van der Waals surface area (Å²) >= 11 is 1.52. The van der Waals surface area contributed by atoms with Crippen LogP contribution in [-0.2, 0) is 11.4 Å². The van der Waals surface area contributed by atoms with Crippen LogP contribution in [0.15, 0.2) is 71.1 Å². The molecule has 0 radical (unpaired) electrons. The highest BCUT2D eigenvalue weighted by Crippen LogP contribution is 2.17. The largest absolute Gasteiger partial charge is 0.487 e. The van der Waals surface area contributed by atoms with E-state index in [9.17, 15) is 10.1 Å². The monoisotopic (exact) mass is 361 g/mol. The first-order chi connectivity index (χ1) is 12.7. The third-order valence-electron chi connectivity index (χ3n) is 3.46. The van der Waals surface area contributed by atoms with Gasteiger partial charge in [-0.05, 0) is 35.9 Å². The minimum absolute atomic E-state index is 0.0324. The molecule has 2 aromatic carbocycles. The molecule has 0 fully saturated rings. The van der Waals surface area contributed by atoms with Crippen LogP contribution in [0.4, 0.5) is 5.69 Å². The number of ether oxygens (including phenoxy) is 1. The average molecular weight is 361 g/mol. The van der Waals surface area contributed by atoms with Crippen LogP contribution < -0.4 is 10.1 Å². The van der Waals surface area contributed by atoms with Crippen molar-refractivity contribution < 1.29 is 9.53 Å². The Hall–Kier alpha value is -3.43. The van der Waals surface area contributed by atoms with Crippen LogP contribution in [0.25, 0.3) is 6.08 Å². The molecule has 1 heterocycles. The molecule has 3 aromatic rings. The third-order valence-corrected chi connectivity index (χ3v) is 4.09. The zero-order valence-corrected chi connectivity index (χ0v) is 14.6. The van der Waals surface area contributed by atoms with E-state index >= 15 is 0 Å². The Morgan fingerprint density at radius 3 is 2.62 bits per heavy atom. The number of thiazole rings is 1. The minimum atomic E-state index is -0.442. The van der Waals surface area contributed by atoms with E-state index in [1.54, 1.807) is 48.0 Å². The van der Waals surface area contributed by atoms with E-state index in [4.69, 9.17) is 4.74 Å². The first kappa shape index (κ1) is 17.4. The van der Waals surface area contributed by atoms with Crippen molar-refractivity contribution in [3.05, 3.63) is 82.3 Å². The average Bonchev–Trinajstić information content (AvgIpc) is 3.20. The van der Waals surface area contributed by atoms with E-state index in [-0.39, 0.29) is 5.57 Å². The second kappa shape index (κ2) is 8.60. The number of nitriles is 1. The summed E-state index contributed by atoms with van der Waals surface area (Å²) in [6.07, 6.45) is 1.54. The van der Waals surface area contributed by atoms with Gasteiger partial charge in [0.1, 0.15) is 24.0 Å². The van der Waals surface area contributed by atoms with Gasteiger partial charge in [0.05, 0.1) is 11.2 Å². The quantitative estimate of drug-likeness (QED) is 0.525. The van der Waals surface area contributed by atoms with Crippen LogP contribution in [0, 0.1) is 11.3 Å². The molecule has 1 N–H and O–H groups in total. The summed E-state index contributed by atoms with van der Waals surface area (Å²) < 4.78 is 5.64. The van der Waals surface area contributed by atoms with E-state index in [2.05, 4.69) is 10.3 Å². The van der Waals surface area contributed by atoms with Gasteiger partial charge in [0.15, 0.2) is 0 Å². The molecular formula is C20H15N3O2S. The Labute approximate surface area is 155 Å². The van der Waals surface area contributed by atoms with Crippen molar-refractivity contribution in [1.29, 1.82) is 5.26 Å². The van der Waals surface area contributed by atoms with Gasteiger partial charge >= 0.3 is 0 Å². The molecule has 5 nitrogen and oxygen atoms in total. The summed E-state index contributed by atoms with van der Waals surface area (Å²) in [5.41, 5.74) is 4.06. The van der Waals surface area contributed by atoms with Crippen molar-refractivity contribution in [1.82, 2.24) is 4.98 Å². The smallest absolute Gasteiger partial charge is 0.266 e. The molecule has 0 spiro atoms. The van der Waals surface area contributed by atoms with E-state index in [1.807, 2.05) is 29.6 Å². The summed E-state index contributed by atoms with van der Waals surface area (Å²) in [5.74, 6) is 0.255. The van der Waals surface area contributed by atoms with Crippen LogP contribution >= 0.6 is 11.3 Å². The lowest BCUT2D eigenvalue weighted by Crippen LogP contribution is -2.13. The Morgan fingerprint density at radius 2 is 1.96 bits per heavy atom. The van der Waals surface area contributed by atoms with Gasteiger partial charge in [0.2, 0.25) is 0 Å². The molecule has 3 rings (SSSR count). The lowest BCUT2D eigenvalue weighted by Gasteiger charge is -2.05. The van der Waals surface area contributed by atoms with Crippen LogP contribution in [0.2, 0.25) is 0 Å². The highest BCUT2D eigenvalue weighted by atomic mass is 32.1. The van der Waals surface area contributed by atoms with Gasteiger partial charge in [-0.15, -0.1) is 11.3 Å². The molecule has 26 heavy (non-hydrogen) atoms. The summed E-state index contributed by atoms with van der Waals surface area (Å²) in [5, 5.41) is 13.9. The maximum atomic E-state index is 12.2. The zero-order chi connectivity index (χ0) is 18.2. The van der Waals surface area contributed by atoms with E-state index < -0.39 is 5.91 Å². The lowest BCUT2D eigenvalue weighted by atomic mass is 10.1. The standard InChI is InChI=1S/C20H15N3O2S/c21-11-16(20(24)23-17-4-2-1-3-5-17)10-15-6-8-19(9-7-15)25-12-18-13-26-14-22-18/h1-10,13-14H,12H2,(H,23,24)/b16-10+. The summed E-state index contributed by atoms with van der Waals surface area (Å²) in [6, 6.07) is 18.1. The normalized spacial score (nSPS) is 10.8. The van der Waals surface area contributed by atoms with Gasteiger partial charge in [-0.25, -0.2) is 4.98 Å². The molecule has 0 unspecified atom stereocenters. The maximum Gasteiger partial charge on any atom is 0.266 e. The zero-order valence-electron chi connectivity index (χ0n) is 13.8. The van der Waals surface area contributed by atoms with E-state index in [0.717, 1.165) is 11.3 Å². The van der Waals surface area contributed by atoms with Crippen LogP contribution in [0.5, 0.6) is 5.75 Å². The van der Waals surface area contributed by atoms with Gasteiger partial charge in [-0.1, -0.05) is 30.3 Å². The Morgan fingerprint density at radius 1 is 1.19 bits per heavy atom. The number of benzene rings is 2. The van der Waals surface area contributed by atoms with Crippen molar-refractivity contribution in [2.45, 2.75) is 6.61 Å². The van der Waals surface area contributed by atoms with Crippen molar-refractivity contribution >= 4 is 29.0 Å². The molecule has 128 valence electrons. The highest BCUT2D eigenvalue weighted by Gasteiger charge is 2.09. The topological polar surface area (TPSA) is 75.0 Å². The molecule has 6 heteroatoms. The molecule has 0 aliphatic rings. The number of para-hydroxylation sites is 1. The van der Waals surface area contributed by atoms with Gasteiger partial charge in [-0.3, -0.25) is 4.79 Å². The second-order valence-corrected chi connectivity index (χ2v) is 6.05.